The summed E-state index contributed by atoms with van der Waals surface area (Å²) in [6.45, 7) is 18.0. The molecule has 3 heterocycles. The Kier molecular flexibility index (Phi) is 5.48. The van der Waals surface area contributed by atoms with E-state index in [9.17, 15) is 0 Å². The average molecular weight is 476 g/mol. The maximum absolute atomic E-state index is 5.29. The third-order valence-corrected chi connectivity index (χ3v) is 8.56. The highest BCUT2D eigenvalue weighted by molar-refractivity contribution is 5.45. The average Bonchev–Trinajstić information content (AvgIpc) is 2.88. The van der Waals surface area contributed by atoms with Gasteiger partial charge in [-0.15, -0.1) is 0 Å². The molecule has 2 aromatic heterocycles. The Morgan fingerprint density at radius 1 is 0.417 bits per heavy atom. The minimum absolute atomic E-state index is 0.257. The Bertz CT molecular complexity index is 1140. The topological polar surface area (TPSA) is 38.7 Å². The zero-order valence-electron chi connectivity index (χ0n) is 22.8. The van der Waals surface area contributed by atoms with E-state index in [-0.39, 0.29) is 21.7 Å². The number of aromatic nitrogens is 3. The van der Waals surface area contributed by atoms with Crippen molar-refractivity contribution in [3.05, 3.63) is 124 Å². The fourth-order valence-electron chi connectivity index (χ4n) is 5.28. The SMILES string of the molecule is CC1(C)c2cccc(c2)C(C)(C)c2cncc(n2)C(C)(C)c2cccc(c2)C(C)(C)c2cccc1n2. The third kappa shape index (κ3) is 3.77. The molecule has 3 heteroatoms. The number of benzene rings is 2. The standard InChI is InChI=1S/C33H37N3/c1-30(2)22-12-9-14-24(18-22)32(5,6)28-20-34-21-29(36-28)33(7,8)25-15-10-13-23(19-25)31(3,4)27-17-11-16-26(30)35-27/h9-21H,1-8H3. The molecule has 2 aromatic carbocycles. The molecule has 4 aromatic rings. The van der Waals surface area contributed by atoms with Gasteiger partial charge in [-0.25, -0.2) is 0 Å². The Labute approximate surface area is 216 Å². The van der Waals surface area contributed by atoms with Crippen molar-refractivity contribution in [2.75, 3.05) is 0 Å². The Morgan fingerprint density at radius 3 is 1.11 bits per heavy atom. The highest BCUT2D eigenvalue weighted by Gasteiger charge is 2.34. The van der Waals surface area contributed by atoms with Crippen LogP contribution in [-0.2, 0) is 21.7 Å². The van der Waals surface area contributed by atoms with Crippen molar-refractivity contribution in [1.82, 2.24) is 15.0 Å². The van der Waals surface area contributed by atoms with Crippen LogP contribution in [0.15, 0.2) is 79.1 Å². The quantitative estimate of drug-likeness (QED) is 0.264. The summed E-state index contributed by atoms with van der Waals surface area (Å²) < 4.78 is 0. The van der Waals surface area contributed by atoms with Crippen LogP contribution in [0.4, 0.5) is 0 Å². The van der Waals surface area contributed by atoms with Gasteiger partial charge in [-0.2, -0.15) is 0 Å². The normalized spacial score (nSPS) is 18.9. The fourth-order valence-corrected chi connectivity index (χ4v) is 5.28. The lowest BCUT2D eigenvalue weighted by Gasteiger charge is -2.33. The molecule has 5 rings (SSSR count). The van der Waals surface area contributed by atoms with Crippen LogP contribution in [0, 0.1) is 0 Å². The molecule has 0 N–H and O–H groups in total. The lowest BCUT2D eigenvalue weighted by atomic mass is 9.74. The fraction of sp³-hybridized carbons (Fsp3) is 0.364. The van der Waals surface area contributed by atoms with Gasteiger partial charge >= 0.3 is 0 Å². The van der Waals surface area contributed by atoms with E-state index in [0.29, 0.717) is 0 Å². The monoisotopic (exact) mass is 475 g/mol. The van der Waals surface area contributed by atoms with E-state index in [0.717, 1.165) is 22.8 Å². The molecule has 0 saturated carbocycles. The molecule has 3 nitrogen and oxygen atoms in total. The zero-order chi connectivity index (χ0) is 25.9. The van der Waals surface area contributed by atoms with Crippen molar-refractivity contribution in [3.63, 3.8) is 0 Å². The molecule has 0 amide bonds. The first-order valence-electron chi connectivity index (χ1n) is 12.9. The van der Waals surface area contributed by atoms with Gasteiger partial charge in [-0.3, -0.25) is 15.0 Å². The predicted molar refractivity (Wildman–Crippen MR) is 148 cm³/mol. The molecule has 0 saturated heterocycles. The lowest BCUT2D eigenvalue weighted by molar-refractivity contribution is 0.553. The summed E-state index contributed by atoms with van der Waals surface area (Å²) in [5.74, 6) is 0. The predicted octanol–water partition coefficient (Wildman–Crippen LogP) is 7.49. The van der Waals surface area contributed by atoms with Crippen molar-refractivity contribution < 1.29 is 0 Å². The van der Waals surface area contributed by atoms with Crippen LogP contribution < -0.4 is 0 Å². The van der Waals surface area contributed by atoms with Crippen LogP contribution in [0.2, 0.25) is 0 Å². The highest BCUT2D eigenvalue weighted by Crippen LogP contribution is 2.40. The molecule has 1 aliphatic rings. The second-order valence-electron chi connectivity index (χ2n) is 12.4. The van der Waals surface area contributed by atoms with E-state index < -0.39 is 0 Å². The van der Waals surface area contributed by atoms with Gasteiger partial charge in [0.05, 0.1) is 22.8 Å². The van der Waals surface area contributed by atoms with Gasteiger partial charge in [0.25, 0.3) is 0 Å². The second-order valence-corrected chi connectivity index (χ2v) is 12.4. The number of rotatable bonds is 0. The van der Waals surface area contributed by atoms with Crippen LogP contribution in [0.1, 0.15) is 100 Å². The van der Waals surface area contributed by atoms with Gasteiger partial charge in [0.15, 0.2) is 0 Å². The molecule has 0 spiro atoms. The number of pyridine rings is 1. The van der Waals surface area contributed by atoms with Crippen molar-refractivity contribution in [3.8, 4) is 0 Å². The van der Waals surface area contributed by atoms with Crippen LogP contribution in [-0.4, -0.2) is 15.0 Å². The van der Waals surface area contributed by atoms with Gasteiger partial charge in [0, 0.05) is 34.1 Å². The van der Waals surface area contributed by atoms with Crippen molar-refractivity contribution in [2.24, 2.45) is 0 Å². The molecular weight excluding hydrogens is 438 g/mol. The minimum Gasteiger partial charge on any atom is -0.261 e. The van der Waals surface area contributed by atoms with Crippen LogP contribution in [0.25, 0.3) is 0 Å². The van der Waals surface area contributed by atoms with Crippen LogP contribution in [0.3, 0.4) is 0 Å². The molecule has 8 bridgehead atoms. The van der Waals surface area contributed by atoms with E-state index in [1.165, 1.54) is 22.3 Å². The second kappa shape index (κ2) is 8.09. The van der Waals surface area contributed by atoms with E-state index in [1.54, 1.807) is 0 Å². The molecule has 184 valence electrons. The summed E-state index contributed by atoms with van der Waals surface area (Å²) in [5.41, 5.74) is 7.93. The van der Waals surface area contributed by atoms with Crippen molar-refractivity contribution in [2.45, 2.75) is 77.0 Å². The molecule has 0 unspecified atom stereocenters. The minimum atomic E-state index is -0.304. The molecule has 0 radical (unpaired) electrons. The largest absolute Gasteiger partial charge is 0.261 e. The van der Waals surface area contributed by atoms with Gasteiger partial charge in [-0.05, 0) is 34.4 Å². The van der Waals surface area contributed by atoms with E-state index in [1.807, 2.05) is 12.4 Å². The molecule has 0 fully saturated rings. The van der Waals surface area contributed by atoms with Gasteiger partial charge in [-0.1, -0.05) is 110 Å². The van der Waals surface area contributed by atoms with Crippen LogP contribution >= 0.6 is 0 Å². The molecular formula is C33H37N3. The Morgan fingerprint density at radius 2 is 0.722 bits per heavy atom. The first kappa shape index (κ1) is 24.4. The molecule has 0 atom stereocenters. The first-order chi connectivity index (χ1) is 16.8. The van der Waals surface area contributed by atoms with Crippen molar-refractivity contribution in [1.29, 1.82) is 0 Å². The number of nitrogens with zero attached hydrogens (tertiary/aromatic N) is 3. The van der Waals surface area contributed by atoms with Crippen molar-refractivity contribution >= 4 is 0 Å². The summed E-state index contributed by atoms with van der Waals surface area (Å²) >= 11 is 0. The number of hydrogen-bond donors (Lipinski definition) is 0. The summed E-state index contributed by atoms with van der Waals surface area (Å²) in [4.78, 5) is 15.2. The summed E-state index contributed by atoms with van der Waals surface area (Å²) in [7, 11) is 0. The molecule has 1 aliphatic heterocycles. The van der Waals surface area contributed by atoms with E-state index in [2.05, 4.69) is 127 Å². The summed E-state index contributed by atoms with van der Waals surface area (Å²) in [6.07, 6.45) is 3.84. The van der Waals surface area contributed by atoms with Gasteiger partial charge in [0.1, 0.15) is 0 Å². The van der Waals surface area contributed by atoms with E-state index in [4.69, 9.17) is 9.97 Å². The molecule has 0 aliphatic carbocycles. The van der Waals surface area contributed by atoms with Crippen LogP contribution in [0.5, 0.6) is 0 Å². The van der Waals surface area contributed by atoms with E-state index >= 15 is 0 Å². The Hall–Kier alpha value is -3.33. The first-order valence-corrected chi connectivity index (χ1v) is 12.9. The molecule has 36 heavy (non-hydrogen) atoms. The number of hydrogen-bond acceptors (Lipinski definition) is 3. The maximum atomic E-state index is 5.29. The van der Waals surface area contributed by atoms with Gasteiger partial charge < -0.3 is 0 Å². The summed E-state index contributed by atoms with van der Waals surface area (Å²) in [5, 5.41) is 0. The third-order valence-electron chi connectivity index (χ3n) is 8.56. The maximum Gasteiger partial charge on any atom is 0.0690 e. The Balaban J connectivity index is 1.84. The van der Waals surface area contributed by atoms with Gasteiger partial charge in [0.2, 0.25) is 0 Å². The lowest BCUT2D eigenvalue weighted by Crippen LogP contribution is -2.29. The highest BCUT2D eigenvalue weighted by atomic mass is 14.8. The number of fused-ring (bicyclic) bond motifs is 8. The summed E-state index contributed by atoms with van der Waals surface area (Å²) in [6, 6.07) is 24.3. The smallest absolute Gasteiger partial charge is 0.0690 e. The zero-order valence-corrected chi connectivity index (χ0v) is 22.8.